The quantitative estimate of drug-likeness (QED) is 0.809. The molecule has 2 aromatic rings. The summed E-state index contributed by atoms with van der Waals surface area (Å²) in [5.74, 6) is -0.249. The van der Waals surface area contributed by atoms with Crippen molar-refractivity contribution in [1.82, 2.24) is 4.98 Å². The molecule has 1 aromatic heterocycles. The smallest absolute Gasteiger partial charge is 0.338 e. The number of aromatic nitrogens is 1. The Morgan fingerprint density at radius 1 is 1.32 bits per heavy atom. The van der Waals surface area contributed by atoms with Crippen LogP contribution in [-0.4, -0.2) is 38.2 Å². The maximum absolute atomic E-state index is 11.9. The molecule has 0 aliphatic heterocycles. The van der Waals surface area contributed by atoms with Gasteiger partial charge in [-0.05, 0) is 37.6 Å². The van der Waals surface area contributed by atoms with E-state index in [2.05, 4.69) is 11.9 Å². The number of hydrogen-bond donors (Lipinski definition) is 2. The summed E-state index contributed by atoms with van der Waals surface area (Å²) in [6.45, 7) is 5.35. The second-order valence-electron chi connectivity index (χ2n) is 5.23. The molecule has 1 heterocycles. The highest BCUT2D eigenvalue weighted by Crippen LogP contribution is 2.22. The van der Waals surface area contributed by atoms with E-state index >= 15 is 0 Å². The first-order chi connectivity index (χ1) is 8.99. The molecule has 102 valence electrons. The van der Waals surface area contributed by atoms with Crippen molar-refractivity contribution >= 4 is 16.9 Å². The number of nitrogens with one attached hydrogen (secondary N) is 2. The number of H-pyrrole nitrogens is 1. The number of hydrogen-bond acceptors (Lipinski definition) is 2. The van der Waals surface area contributed by atoms with E-state index in [1.807, 2.05) is 39.2 Å². The van der Waals surface area contributed by atoms with Crippen LogP contribution in [0.5, 0.6) is 0 Å². The van der Waals surface area contributed by atoms with Crippen LogP contribution in [0.2, 0.25) is 0 Å². The van der Waals surface area contributed by atoms with Crippen molar-refractivity contribution in [2.45, 2.75) is 13.8 Å². The predicted octanol–water partition coefficient (Wildman–Crippen LogP) is 1.09. The van der Waals surface area contributed by atoms with Crippen LogP contribution in [0.25, 0.3) is 10.9 Å². The van der Waals surface area contributed by atoms with Crippen molar-refractivity contribution in [3.63, 3.8) is 0 Å². The molecule has 2 rings (SSSR count). The van der Waals surface area contributed by atoms with Crippen molar-refractivity contribution in [3.8, 4) is 0 Å². The molecular weight excluding hydrogens is 240 g/mol. The van der Waals surface area contributed by atoms with Gasteiger partial charge in [-0.15, -0.1) is 0 Å². The van der Waals surface area contributed by atoms with Crippen LogP contribution < -0.4 is 4.90 Å². The van der Waals surface area contributed by atoms with E-state index in [0.29, 0.717) is 12.2 Å². The number of ether oxygens (including phenoxy) is 1. The minimum absolute atomic E-state index is 0.249. The zero-order valence-corrected chi connectivity index (χ0v) is 12.0. The van der Waals surface area contributed by atoms with E-state index in [9.17, 15) is 4.79 Å². The number of quaternary nitrogens is 1. The van der Waals surface area contributed by atoms with Gasteiger partial charge in [-0.25, -0.2) is 4.79 Å². The lowest BCUT2D eigenvalue weighted by Crippen LogP contribution is -3.06. The van der Waals surface area contributed by atoms with Crippen molar-refractivity contribution in [2.24, 2.45) is 0 Å². The molecule has 0 bridgehead atoms. The monoisotopic (exact) mass is 261 g/mol. The molecule has 19 heavy (non-hydrogen) atoms. The van der Waals surface area contributed by atoms with Crippen molar-refractivity contribution < 1.29 is 14.4 Å². The average Bonchev–Trinajstić information content (AvgIpc) is 2.64. The number of fused-ring (bicyclic) bond motifs is 1. The number of aryl methyl sites for hydroxylation is 2. The number of rotatable bonds is 4. The molecule has 0 radical (unpaired) electrons. The number of likely N-dealkylation sites (N-methyl/N-ethyl adjacent to an activating group) is 1. The fourth-order valence-electron chi connectivity index (χ4n) is 2.02. The van der Waals surface area contributed by atoms with Gasteiger partial charge < -0.3 is 14.6 Å². The van der Waals surface area contributed by atoms with E-state index < -0.39 is 0 Å². The van der Waals surface area contributed by atoms with Gasteiger partial charge >= 0.3 is 5.97 Å². The summed E-state index contributed by atoms with van der Waals surface area (Å²) in [6.07, 6.45) is 0. The number of carbonyl (C=O) groups is 1. The Bertz CT molecular complexity index is 599. The minimum atomic E-state index is -0.249. The van der Waals surface area contributed by atoms with Gasteiger partial charge in [0, 0.05) is 16.6 Å². The third-order valence-electron chi connectivity index (χ3n) is 3.38. The number of benzene rings is 1. The second kappa shape index (κ2) is 5.45. The summed E-state index contributed by atoms with van der Waals surface area (Å²) in [5, 5.41) is 1.09. The lowest BCUT2D eigenvalue weighted by molar-refractivity contribution is -0.858. The predicted molar refractivity (Wildman–Crippen MR) is 75.7 cm³/mol. The van der Waals surface area contributed by atoms with E-state index in [-0.39, 0.29) is 5.97 Å². The summed E-state index contributed by atoms with van der Waals surface area (Å²) in [7, 11) is 4.07. The van der Waals surface area contributed by atoms with Crippen molar-refractivity contribution in [1.29, 1.82) is 0 Å². The molecule has 0 spiro atoms. The van der Waals surface area contributed by atoms with Gasteiger partial charge in [0.05, 0.1) is 19.7 Å². The molecular formula is C15H21N2O2+. The Hall–Kier alpha value is -1.81. The molecule has 4 nitrogen and oxygen atoms in total. The Kier molecular flexibility index (Phi) is 3.90. The van der Waals surface area contributed by atoms with Crippen LogP contribution in [0.3, 0.4) is 0 Å². The van der Waals surface area contributed by atoms with Gasteiger partial charge in [0.25, 0.3) is 0 Å². The highest BCUT2D eigenvalue weighted by atomic mass is 16.5. The first kappa shape index (κ1) is 13.6. The molecule has 0 saturated heterocycles. The Morgan fingerprint density at radius 2 is 2.05 bits per heavy atom. The number of esters is 1. The number of aromatic amines is 1. The molecule has 2 N–H and O–H groups in total. The van der Waals surface area contributed by atoms with Gasteiger partial charge in [-0.3, -0.25) is 0 Å². The largest absolute Gasteiger partial charge is 0.456 e. The molecule has 0 aliphatic carbocycles. The zero-order chi connectivity index (χ0) is 14.0. The maximum Gasteiger partial charge on any atom is 0.338 e. The fourth-order valence-corrected chi connectivity index (χ4v) is 2.02. The van der Waals surface area contributed by atoms with Crippen LogP contribution >= 0.6 is 0 Å². The molecule has 0 atom stereocenters. The molecule has 0 unspecified atom stereocenters. The molecule has 4 heteroatoms. The van der Waals surface area contributed by atoms with Gasteiger partial charge in [0.2, 0.25) is 0 Å². The maximum atomic E-state index is 11.9. The summed E-state index contributed by atoms with van der Waals surface area (Å²) >= 11 is 0. The van der Waals surface area contributed by atoms with Crippen LogP contribution in [0, 0.1) is 13.8 Å². The van der Waals surface area contributed by atoms with E-state index in [0.717, 1.165) is 23.1 Å². The first-order valence-corrected chi connectivity index (χ1v) is 6.54. The highest BCUT2D eigenvalue weighted by Gasteiger charge is 2.11. The first-order valence-electron chi connectivity index (χ1n) is 6.54. The third-order valence-corrected chi connectivity index (χ3v) is 3.38. The van der Waals surface area contributed by atoms with E-state index in [1.54, 1.807) is 0 Å². The van der Waals surface area contributed by atoms with Crippen LogP contribution in [0.15, 0.2) is 18.2 Å². The Morgan fingerprint density at radius 3 is 2.74 bits per heavy atom. The second-order valence-corrected chi connectivity index (χ2v) is 5.23. The fraction of sp³-hybridized carbons (Fsp3) is 0.400. The SMILES string of the molecule is Cc1[nH]c2ccc(C(=O)OCC[NH+](C)C)cc2c1C. The summed E-state index contributed by atoms with van der Waals surface area (Å²) in [5.41, 5.74) is 3.99. The molecule has 0 saturated carbocycles. The minimum Gasteiger partial charge on any atom is -0.456 e. The van der Waals surface area contributed by atoms with E-state index in [1.165, 1.54) is 10.5 Å². The summed E-state index contributed by atoms with van der Waals surface area (Å²) in [4.78, 5) is 16.5. The van der Waals surface area contributed by atoms with Gasteiger partial charge in [-0.2, -0.15) is 0 Å². The van der Waals surface area contributed by atoms with Gasteiger partial charge in [0.1, 0.15) is 13.2 Å². The third kappa shape index (κ3) is 2.96. The molecule has 0 amide bonds. The van der Waals surface area contributed by atoms with Crippen molar-refractivity contribution in [2.75, 3.05) is 27.2 Å². The van der Waals surface area contributed by atoms with Gasteiger partial charge in [0.15, 0.2) is 0 Å². The van der Waals surface area contributed by atoms with Crippen LogP contribution in [0.4, 0.5) is 0 Å². The molecule has 0 aliphatic rings. The standard InChI is InChI=1S/C15H20N2O2/c1-10-11(2)16-14-6-5-12(9-13(10)14)15(18)19-8-7-17(3)4/h5-6,9,16H,7-8H2,1-4H3/p+1. The van der Waals surface area contributed by atoms with Crippen LogP contribution in [-0.2, 0) is 4.74 Å². The lowest BCUT2D eigenvalue weighted by Gasteiger charge is -2.08. The van der Waals surface area contributed by atoms with E-state index in [4.69, 9.17) is 4.74 Å². The highest BCUT2D eigenvalue weighted by molar-refractivity contribution is 5.96. The zero-order valence-electron chi connectivity index (χ0n) is 12.0. The van der Waals surface area contributed by atoms with Crippen molar-refractivity contribution in [3.05, 3.63) is 35.0 Å². The summed E-state index contributed by atoms with van der Waals surface area (Å²) in [6, 6.07) is 5.64. The van der Waals surface area contributed by atoms with Gasteiger partial charge in [-0.1, -0.05) is 0 Å². The number of carbonyl (C=O) groups excluding carboxylic acids is 1. The normalized spacial score (nSPS) is 11.2. The molecule has 0 fully saturated rings. The molecule has 1 aromatic carbocycles. The Balaban J connectivity index is 2.16. The van der Waals surface area contributed by atoms with Crippen LogP contribution in [0.1, 0.15) is 21.6 Å². The average molecular weight is 261 g/mol. The lowest BCUT2D eigenvalue weighted by atomic mass is 10.1. The topological polar surface area (TPSA) is 46.5 Å². The Labute approximate surface area is 113 Å². The summed E-state index contributed by atoms with van der Waals surface area (Å²) < 4.78 is 5.26.